The summed E-state index contributed by atoms with van der Waals surface area (Å²) < 4.78 is 13.4. The third-order valence-electron chi connectivity index (χ3n) is 3.89. The molecule has 1 aliphatic rings. The Bertz CT molecular complexity index is 649. The van der Waals surface area contributed by atoms with Crippen LogP contribution in [0.15, 0.2) is 54.7 Å². The van der Waals surface area contributed by atoms with E-state index in [0.29, 0.717) is 0 Å². The lowest BCUT2D eigenvalue weighted by Crippen LogP contribution is -2.44. The smallest absolute Gasteiger partial charge is 0.166 e. The van der Waals surface area contributed by atoms with E-state index in [1.165, 1.54) is 17.7 Å². The molecule has 0 atom stereocenters. The number of rotatable bonds is 3. The van der Waals surface area contributed by atoms with Gasteiger partial charge in [0.2, 0.25) is 0 Å². The molecule has 3 nitrogen and oxygen atoms in total. The van der Waals surface area contributed by atoms with Crippen molar-refractivity contribution in [1.82, 2.24) is 4.90 Å². The van der Waals surface area contributed by atoms with E-state index in [1.54, 1.807) is 6.07 Å². The van der Waals surface area contributed by atoms with Gasteiger partial charge in [-0.25, -0.2) is 4.39 Å². The summed E-state index contributed by atoms with van der Waals surface area (Å²) in [6, 6.07) is 14.8. The van der Waals surface area contributed by atoms with E-state index in [0.717, 1.165) is 31.9 Å². The van der Waals surface area contributed by atoms with Crippen LogP contribution in [-0.4, -0.2) is 36.2 Å². The Morgan fingerprint density at radius 3 is 2.36 bits per heavy atom. The summed E-state index contributed by atoms with van der Waals surface area (Å²) in [5.41, 5.74) is 2.01. The van der Waals surface area contributed by atoms with Crippen molar-refractivity contribution in [1.29, 1.82) is 0 Å². The van der Waals surface area contributed by atoms with E-state index in [1.807, 2.05) is 18.2 Å². The number of nitrogens with zero attached hydrogens (tertiary/aromatic N) is 2. The molecule has 1 N–H and O–H groups in total. The molecule has 0 spiro atoms. The van der Waals surface area contributed by atoms with Crippen molar-refractivity contribution in [2.24, 2.45) is 0 Å². The first-order valence-corrected chi connectivity index (χ1v) is 7.43. The number of aromatic hydroxyl groups is 1. The number of halogens is 1. The van der Waals surface area contributed by atoms with Gasteiger partial charge in [0.15, 0.2) is 11.6 Å². The number of hydrogen-bond acceptors (Lipinski definition) is 3. The average Bonchev–Trinajstić information content (AvgIpc) is 2.57. The summed E-state index contributed by atoms with van der Waals surface area (Å²) in [6.45, 7) is 3.46. The molecule has 0 unspecified atom stereocenters. The van der Waals surface area contributed by atoms with Gasteiger partial charge < -0.3 is 14.9 Å². The van der Waals surface area contributed by atoms with Crippen molar-refractivity contribution in [3.63, 3.8) is 0 Å². The fourth-order valence-electron chi connectivity index (χ4n) is 2.58. The molecule has 0 aromatic heterocycles. The maximum absolute atomic E-state index is 13.4. The number of piperazine rings is 1. The van der Waals surface area contributed by atoms with E-state index in [9.17, 15) is 9.50 Å². The minimum absolute atomic E-state index is 0.298. The third kappa shape index (κ3) is 3.39. The molecule has 0 bridgehead atoms. The fraction of sp³-hybridized carbons (Fsp3) is 0.222. The first-order valence-electron chi connectivity index (χ1n) is 7.43. The molecule has 1 aliphatic heterocycles. The second-order valence-corrected chi connectivity index (χ2v) is 5.39. The van der Waals surface area contributed by atoms with Crippen LogP contribution in [0, 0.1) is 5.82 Å². The summed E-state index contributed by atoms with van der Waals surface area (Å²) in [4.78, 5) is 4.40. The Balaban J connectivity index is 1.58. The van der Waals surface area contributed by atoms with E-state index in [4.69, 9.17) is 0 Å². The zero-order valence-corrected chi connectivity index (χ0v) is 12.3. The highest BCUT2D eigenvalue weighted by molar-refractivity contribution is 5.51. The summed E-state index contributed by atoms with van der Waals surface area (Å²) in [6.07, 6.45) is 4.22. The van der Waals surface area contributed by atoms with Crippen LogP contribution in [0.5, 0.6) is 5.75 Å². The zero-order chi connectivity index (χ0) is 15.4. The van der Waals surface area contributed by atoms with Crippen molar-refractivity contribution in [2.75, 3.05) is 31.1 Å². The minimum Gasteiger partial charge on any atom is -0.505 e. The monoisotopic (exact) mass is 298 g/mol. The number of benzene rings is 2. The molecule has 1 saturated heterocycles. The zero-order valence-electron chi connectivity index (χ0n) is 12.3. The average molecular weight is 298 g/mol. The Kier molecular flexibility index (Phi) is 4.28. The van der Waals surface area contributed by atoms with Crippen molar-refractivity contribution in [2.45, 2.75) is 0 Å². The Hall–Kier alpha value is -2.49. The Morgan fingerprint density at radius 2 is 1.68 bits per heavy atom. The molecule has 4 heteroatoms. The normalized spacial score (nSPS) is 15.5. The lowest BCUT2D eigenvalue weighted by Gasteiger charge is -2.35. The van der Waals surface area contributed by atoms with Gasteiger partial charge in [0.05, 0.1) is 0 Å². The quantitative estimate of drug-likeness (QED) is 0.941. The van der Waals surface area contributed by atoms with Gasteiger partial charge in [-0.05, 0) is 30.0 Å². The molecule has 114 valence electrons. The molecule has 0 amide bonds. The van der Waals surface area contributed by atoms with E-state index in [-0.39, 0.29) is 5.75 Å². The number of phenolic OH excluding ortho intramolecular Hbond substituents is 1. The van der Waals surface area contributed by atoms with Crippen LogP contribution in [0.25, 0.3) is 6.08 Å². The second-order valence-electron chi connectivity index (χ2n) is 5.39. The number of phenols is 1. The highest BCUT2D eigenvalue weighted by Crippen LogP contribution is 2.23. The van der Waals surface area contributed by atoms with Crippen LogP contribution in [0.3, 0.4) is 0 Å². The fourth-order valence-corrected chi connectivity index (χ4v) is 2.58. The van der Waals surface area contributed by atoms with E-state index in [2.05, 4.69) is 34.2 Å². The molecule has 3 rings (SSSR count). The first-order chi connectivity index (χ1) is 10.7. The molecule has 2 aromatic rings. The van der Waals surface area contributed by atoms with Gasteiger partial charge in [-0.15, -0.1) is 0 Å². The van der Waals surface area contributed by atoms with Crippen LogP contribution < -0.4 is 4.90 Å². The van der Waals surface area contributed by atoms with Gasteiger partial charge in [-0.3, -0.25) is 0 Å². The summed E-state index contributed by atoms with van der Waals surface area (Å²) in [5, 5.41) is 9.25. The van der Waals surface area contributed by atoms with Gasteiger partial charge >= 0.3 is 0 Å². The Morgan fingerprint density at radius 1 is 0.955 bits per heavy atom. The van der Waals surface area contributed by atoms with Gasteiger partial charge in [-0.2, -0.15) is 0 Å². The molecular formula is C18H19FN2O. The van der Waals surface area contributed by atoms with Gasteiger partial charge in [0.25, 0.3) is 0 Å². The van der Waals surface area contributed by atoms with Crippen molar-refractivity contribution in [3.8, 4) is 5.75 Å². The topological polar surface area (TPSA) is 26.7 Å². The van der Waals surface area contributed by atoms with Gasteiger partial charge in [0, 0.05) is 37.9 Å². The molecular weight excluding hydrogens is 279 g/mol. The lowest BCUT2D eigenvalue weighted by atomic mass is 10.2. The lowest BCUT2D eigenvalue weighted by molar-refractivity contribution is 0.350. The van der Waals surface area contributed by atoms with Gasteiger partial charge in [-0.1, -0.05) is 30.3 Å². The number of hydrogen-bond donors (Lipinski definition) is 1. The third-order valence-corrected chi connectivity index (χ3v) is 3.89. The summed E-state index contributed by atoms with van der Waals surface area (Å²) in [7, 11) is 0. The van der Waals surface area contributed by atoms with Crippen LogP contribution in [0.1, 0.15) is 5.56 Å². The van der Waals surface area contributed by atoms with Crippen molar-refractivity contribution < 1.29 is 9.50 Å². The molecule has 22 heavy (non-hydrogen) atoms. The SMILES string of the molecule is Oc1ccc(N2CCN(C=Cc3ccccc3)CC2)cc1F. The largest absolute Gasteiger partial charge is 0.505 e. The minimum atomic E-state index is -0.566. The van der Waals surface area contributed by atoms with E-state index >= 15 is 0 Å². The number of anilines is 1. The molecule has 1 heterocycles. The molecule has 0 saturated carbocycles. The van der Waals surface area contributed by atoms with Crippen LogP contribution in [0.2, 0.25) is 0 Å². The van der Waals surface area contributed by atoms with E-state index < -0.39 is 5.82 Å². The molecule has 2 aromatic carbocycles. The Labute approximate surface area is 129 Å². The molecule has 1 fully saturated rings. The first kappa shape index (κ1) is 14.4. The van der Waals surface area contributed by atoms with Gasteiger partial charge in [0.1, 0.15) is 0 Å². The molecule has 0 radical (unpaired) electrons. The van der Waals surface area contributed by atoms with Crippen molar-refractivity contribution >= 4 is 11.8 Å². The highest BCUT2D eigenvalue weighted by atomic mass is 19.1. The summed E-state index contributed by atoms with van der Waals surface area (Å²) >= 11 is 0. The second kappa shape index (κ2) is 6.52. The predicted octanol–water partition coefficient (Wildman–Crippen LogP) is 3.32. The maximum Gasteiger partial charge on any atom is 0.166 e. The predicted molar refractivity (Wildman–Crippen MR) is 87.3 cm³/mol. The maximum atomic E-state index is 13.4. The highest BCUT2D eigenvalue weighted by Gasteiger charge is 2.16. The van der Waals surface area contributed by atoms with Crippen LogP contribution >= 0.6 is 0 Å². The van der Waals surface area contributed by atoms with Crippen LogP contribution in [-0.2, 0) is 0 Å². The summed E-state index contributed by atoms with van der Waals surface area (Å²) in [5.74, 6) is -0.864. The van der Waals surface area contributed by atoms with Crippen LogP contribution in [0.4, 0.5) is 10.1 Å². The van der Waals surface area contributed by atoms with Crippen molar-refractivity contribution in [3.05, 3.63) is 66.1 Å². The standard InChI is InChI=1S/C18H19FN2O/c19-17-14-16(6-7-18(17)22)21-12-10-20(11-13-21)9-8-15-4-2-1-3-5-15/h1-9,14,22H,10-13H2. The molecule has 0 aliphatic carbocycles.